The van der Waals surface area contributed by atoms with Crippen LogP contribution in [0.2, 0.25) is 13.1 Å². The molecule has 0 aliphatic heterocycles. The van der Waals surface area contributed by atoms with Crippen molar-refractivity contribution >= 4 is 37.3 Å². The van der Waals surface area contributed by atoms with E-state index in [4.69, 9.17) is 17.0 Å². The molecule has 0 unspecified atom stereocenters. The van der Waals surface area contributed by atoms with Crippen LogP contribution in [-0.2, 0) is 33.7 Å². The summed E-state index contributed by atoms with van der Waals surface area (Å²) in [7, 11) is 11.0. The van der Waals surface area contributed by atoms with Crippen LogP contribution in [0.15, 0.2) is 84.9 Å². The summed E-state index contributed by atoms with van der Waals surface area (Å²) in [6.45, 7) is 13.1. The number of benzene rings is 4. The summed E-state index contributed by atoms with van der Waals surface area (Å²) in [5.41, 5.74) is 13.8. The third-order valence-corrected chi connectivity index (χ3v) is 6.78. The van der Waals surface area contributed by atoms with Crippen molar-refractivity contribution < 1.29 is 20.8 Å². The summed E-state index contributed by atoms with van der Waals surface area (Å²) in [5.74, 6) is 0. The molecule has 4 heteroatoms. The first-order valence-electron chi connectivity index (χ1n) is 13.3. The van der Waals surface area contributed by atoms with Crippen LogP contribution >= 0.6 is 17.0 Å². The zero-order valence-corrected chi connectivity index (χ0v) is 28.7. The molecule has 0 nitrogen and oxygen atoms in total. The van der Waals surface area contributed by atoms with Gasteiger partial charge in [0.1, 0.15) is 0 Å². The number of hydrogen-bond donors (Lipinski definition) is 0. The van der Waals surface area contributed by atoms with Gasteiger partial charge in [-0.05, 0) is 50.3 Å². The zero-order chi connectivity index (χ0) is 28.4. The van der Waals surface area contributed by atoms with Crippen LogP contribution in [-0.4, -0.2) is 9.52 Å². The molecule has 1 aliphatic rings. The van der Waals surface area contributed by atoms with Crippen molar-refractivity contribution in [3.63, 3.8) is 0 Å². The molecule has 2 radical (unpaired) electrons. The first-order valence-corrected chi connectivity index (χ1v) is 21.6. The van der Waals surface area contributed by atoms with Gasteiger partial charge in [0.15, 0.2) is 0 Å². The number of rotatable bonds is 2. The Kier molecular flexibility index (Phi) is 12.9. The maximum absolute atomic E-state index is 4.93. The van der Waals surface area contributed by atoms with Gasteiger partial charge in [0.05, 0.1) is 0 Å². The maximum atomic E-state index is 4.93. The van der Waals surface area contributed by atoms with E-state index in [0.717, 1.165) is 22.4 Å². The molecule has 1 aliphatic carbocycles. The molecule has 0 saturated heterocycles. The Morgan fingerprint density at radius 1 is 0.846 bits per heavy atom. The first kappa shape index (κ1) is 31.7. The summed E-state index contributed by atoms with van der Waals surface area (Å²) in [5, 5.41) is 2.75. The molecule has 0 N–H and O–H groups in total. The number of halogens is 2. The third kappa shape index (κ3) is 8.11. The van der Waals surface area contributed by atoms with Crippen molar-refractivity contribution in [2.45, 2.75) is 53.6 Å². The summed E-state index contributed by atoms with van der Waals surface area (Å²) in [4.78, 5) is 0. The normalized spacial score (nSPS) is 10.6. The van der Waals surface area contributed by atoms with Gasteiger partial charge in [-0.3, -0.25) is 0 Å². The minimum absolute atomic E-state index is 0.826. The topological polar surface area (TPSA) is 0 Å². The van der Waals surface area contributed by atoms with Crippen LogP contribution < -0.4 is 0 Å². The molecule has 5 aromatic rings. The van der Waals surface area contributed by atoms with Gasteiger partial charge in [-0.1, -0.05) is 84.7 Å². The van der Waals surface area contributed by atoms with E-state index in [9.17, 15) is 0 Å². The molecule has 0 heterocycles. The molecule has 198 valence electrons. The van der Waals surface area contributed by atoms with Crippen LogP contribution in [0.1, 0.15) is 40.3 Å². The number of hydrogen-bond acceptors (Lipinski definition) is 0. The Balaban J connectivity index is 0.000000189. The third-order valence-electron chi connectivity index (χ3n) is 6.78. The van der Waals surface area contributed by atoms with Crippen LogP contribution in [0.5, 0.6) is 0 Å². The van der Waals surface area contributed by atoms with E-state index in [1.54, 1.807) is 0 Å². The molecule has 6 rings (SSSR count). The van der Waals surface area contributed by atoms with E-state index in [0.29, 0.717) is 0 Å². The summed E-state index contributed by atoms with van der Waals surface area (Å²) in [6.07, 6.45) is 2.15. The van der Waals surface area contributed by atoms with E-state index < -0.39 is 20.8 Å². The molecule has 0 spiro atoms. The molecule has 5 aromatic carbocycles. The first-order chi connectivity index (χ1) is 18.9. The molecule has 0 fully saturated rings. The molecule has 0 atom stereocenters. The zero-order valence-electron chi connectivity index (χ0n) is 23.8. The average Bonchev–Trinajstić information content (AvgIpc) is 3.51. The van der Waals surface area contributed by atoms with E-state index in [1.165, 1.54) is 66.4 Å². The number of fused-ring (bicyclic) bond motifs is 4. The Morgan fingerprint density at radius 2 is 1.46 bits per heavy atom. The number of aryl methyl sites for hydroxylation is 4. The molecule has 0 aromatic heterocycles. The fraction of sp³-hybridized carbons (Fsp3) is 0.229. The smallest absolute Gasteiger partial charge is 0.0253 e. The molecule has 39 heavy (non-hydrogen) atoms. The van der Waals surface area contributed by atoms with Crippen molar-refractivity contribution in [2.75, 3.05) is 0 Å². The summed E-state index contributed by atoms with van der Waals surface area (Å²) < 4.78 is 0. The van der Waals surface area contributed by atoms with Crippen LogP contribution in [0, 0.1) is 26.8 Å². The Hall–Kier alpha value is -1.83. The Morgan fingerprint density at radius 3 is 2.13 bits per heavy atom. The second-order valence-electron chi connectivity index (χ2n) is 9.77. The molecule has 0 saturated carbocycles. The fourth-order valence-corrected chi connectivity index (χ4v) is 5.32. The maximum Gasteiger partial charge on any atom is -0.0253 e. The van der Waals surface area contributed by atoms with Crippen molar-refractivity contribution in [3.05, 3.63) is 124 Å². The quantitative estimate of drug-likeness (QED) is 0.130. The summed E-state index contributed by atoms with van der Waals surface area (Å²) >= 11 is -0.826. The molecule has 0 amide bonds. The van der Waals surface area contributed by atoms with Crippen molar-refractivity contribution in [1.82, 2.24) is 0 Å². The second kappa shape index (κ2) is 15.8. The van der Waals surface area contributed by atoms with Crippen LogP contribution in [0.4, 0.5) is 0 Å². The van der Waals surface area contributed by atoms with Gasteiger partial charge in [-0.2, -0.15) is 35.9 Å². The van der Waals surface area contributed by atoms with Gasteiger partial charge in [0.25, 0.3) is 0 Å². The minimum Gasteiger partial charge on any atom is -0.179 e. The molecular weight excluding hydrogens is 611 g/mol. The second-order valence-corrected chi connectivity index (χ2v) is 14.5. The van der Waals surface area contributed by atoms with Gasteiger partial charge >= 0.3 is 37.9 Å². The minimum atomic E-state index is -0.826. The Bertz CT molecular complexity index is 1430. The Labute approximate surface area is 256 Å². The summed E-state index contributed by atoms with van der Waals surface area (Å²) in [6, 6.07) is 34.0. The predicted octanol–water partition coefficient (Wildman–Crippen LogP) is 10.9. The molecular formula is C35H36Cl2SiZr. The SMILES string of the molecule is CCc1cc2c(-c3c(C)cc(C)cc3C)cccc2[cH-]1.C[Si]C.[Cl][Zr+2][Cl].[c-]1cccc2c1Cc1ccccc1-2. The van der Waals surface area contributed by atoms with E-state index in [2.05, 4.69) is 126 Å². The molecule has 0 bridgehead atoms. The fourth-order valence-electron chi connectivity index (χ4n) is 5.32. The van der Waals surface area contributed by atoms with Crippen LogP contribution in [0.3, 0.4) is 0 Å². The van der Waals surface area contributed by atoms with Gasteiger partial charge in [-0.25, -0.2) is 0 Å². The van der Waals surface area contributed by atoms with Gasteiger partial charge in [-0.15, -0.1) is 40.1 Å². The van der Waals surface area contributed by atoms with Crippen molar-refractivity contribution in [2.24, 2.45) is 0 Å². The van der Waals surface area contributed by atoms with Crippen molar-refractivity contribution in [3.8, 4) is 22.3 Å². The monoisotopic (exact) mass is 644 g/mol. The van der Waals surface area contributed by atoms with E-state index in [-0.39, 0.29) is 0 Å². The van der Waals surface area contributed by atoms with E-state index in [1.807, 2.05) is 6.07 Å². The van der Waals surface area contributed by atoms with Gasteiger partial charge in [0.2, 0.25) is 0 Å². The van der Waals surface area contributed by atoms with Crippen molar-refractivity contribution in [1.29, 1.82) is 0 Å². The van der Waals surface area contributed by atoms with Crippen LogP contribution in [0.25, 0.3) is 33.0 Å². The largest absolute Gasteiger partial charge is 0.179 e. The standard InChI is InChI=1S/C20H21.C13H9.C2H6Si.2ClH.Zr/c1-5-16-11-17-7-6-8-18(19(17)12-16)20-14(3)9-13(2)10-15(20)4;1-3-7-12-10(5-1)9-11-6-2-4-8-13(11)12;1-3-2;;;/h6-12H,5H2,1-4H3;1-5,7-8H,9H2;1-2H3;2*1H;/q2*-1;;;;+4/p-2. The predicted molar refractivity (Wildman–Crippen MR) is 171 cm³/mol. The van der Waals surface area contributed by atoms with Gasteiger partial charge < -0.3 is 0 Å². The van der Waals surface area contributed by atoms with E-state index >= 15 is 0 Å². The average molecular weight is 647 g/mol. The van der Waals surface area contributed by atoms with Gasteiger partial charge in [0, 0.05) is 9.52 Å².